The standard InChI is InChI=1S/C13H16O4S/c1-10-4-6-13(7-5-10)18(15,16)9-8-11(2)17-12(3)14/h4-9,11H,1-3H3/b9-8+. The van der Waals surface area contributed by atoms with Gasteiger partial charge in [-0.2, -0.15) is 0 Å². The molecule has 0 fully saturated rings. The zero-order valence-electron chi connectivity index (χ0n) is 10.6. The minimum Gasteiger partial charge on any atom is -0.459 e. The van der Waals surface area contributed by atoms with Crippen molar-refractivity contribution in [2.45, 2.75) is 31.8 Å². The van der Waals surface area contributed by atoms with E-state index in [2.05, 4.69) is 0 Å². The lowest BCUT2D eigenvalue weighted by Gasteiger charge is -2.06. The first-order valence-electron chi connectivity index (χ1n) is 5.48. The highest BCUT2D eigenvalue weighted by Crippen LogP contribution is 2.13. The van der Waals surface area contributed by atoms with Crippen LogP contribution in [-0.4, -0.2) is 20.5 Å². The molecule has 0 saturated carbocycles. The first-order valence-corrected chi connectivity index (χ1v) is 7.03. The van der Waals surface area contributed by atoms with Crippen LogP contribution >= 0.6 is 0 Å². The van der Waals surface area contributed by atoms with Crippen LogP contribution in [-0.2, 0) is 19.4 Å². The number of ether oxygens (including phenoxy) is 1. The van der Waals surface area contributed by atoms with Crippen molar-refractivity contribution in [3.8, 4) is 0 Å². The van der Waals surface area contributed by atoms with Crippen LogP contribution in [0.2, 0.25) is 0 Å². The van der Waals surface area contributed by atoms with E-state index in [0.29, 0.717) is 0 Å². The van der Waals surface area contributed by atoms with Crippen molar-refractivity contribution in [1.82, 2.24) is 0 Å². The van der Waals surface area contributed by atoms with Crippen LogP contribution in [0, 0.1) is 6.92 Å². The number of rotatable bonds is 4. The molecule has 18 heavy (non-hydrogen) atoms. The second-order valence-electron chi connectivity index (χ2n) is 4.00. The van der Waals surface area contributed by atoms with Crippen LogP contribution in [0.15, 0.2) is 40.6 Å². The van der Waals surface area contributed by atoms with Gasteiger partial charge < -0.3 is 4.74 Å². The summed E-state index contributed by atoms with van der Waals surface area (Å²) in [5.74, 6) is -0.445. The van der Waals surface area contributed by atoms with Crippen LogP contribution in [0.1, 0.15) is 19.4 Å². The number of hydrogen-bond donors (Lipinski definition) is 0. The number of carbonyl (C=O) groups excluding carboxylic acids is 1. The molecule has 0 aliphatic rings. The fourth-order valence-corrected chi connectivity index (χ4v) is 2.42. The zero-order valence-corrected chi connectivity index (χ0v) is 11.4. The van der Waals surface area contributed by atoms with Crippen molar-refractivity contribution in [2.75, 3.05) is 0 Å². The molecule has 0 aliphatic carbocycles. The Labute approximate surface area is 107 Å². The predicted molar refractivity (Wildman–Crippen MR) is 68.7 cm³/mol. The van der Waals surface area contributed by atoms with Gasteiger partial charge in [0.05, 0.1) is 4.90 Å². The van der Waals surface area contributed by atoms with E-state index in [0.717, 1.165) is 11.0 Å². The SMILES string of the molecule is CC(=O)OC(C)/C=C/S(=O)(=O)c1ccc(C)cc1. The van der Waals surface area contributed by atoms with Gasteiger partial charge in [-0.15, -0.1) is 0 Å². The molecule has 0 spiro atoms. The second kappa shape index (κ2) is 5.82. The van der Waals surface area contributed by atoms with Crippen molar-refractivity contribution in [3.63, 3.8) is 0 Å². The molecule has 4 nitrogen and oxygen atoms in total. The molecule has 0 N–H and O–H groups in total. The van der Waals surface area contributed by atoms with Gasteiger partial charge in [-0.3, -0.25) is 4.79 Å². The van der Waals surface area contributed by atoms with Crippen LogP contribution in [0.3, 0.4) is 0 Å². The summed E-state index contributed by atoms with van der Waals surface area (Å²) in [6.07, 6.45) is 0.777. The van der Waals surface area contributed by atoms with Crippen LogP contribution in [0.25, 0.3) is 0 Å². The average Bonchev–Trinajstić information content (AvgIpc) is 2.26. The summed E-state index contributed by atoms with van der Waals surface area (Å²) < 4.78 is 28.6. The van der Waals surface area contributed by atoms with Crippen molar-refractivity contribution in [3.05, 3.63) is 41.3 Å². The molecular formula is C13H16O4S. The summed E-state index contributed by atoms with van der Waals surface area (Å²) >= 11 is 0. The van der Waals surface area contributed by atoms with E-state index in [1.807, 2.05) is 6.92 Å². The van der Waals surface area contributed by atoms with E-state index in [4.69, 9.17) is 4.74 Å². The molecule has 1 aromatic rings. The maximum Gasteiger partial charge on any atom is 0.303 e. The maximum absolute atomic E-state index is 11.9. The topological polar surface area (TPSA) is 60.4 Å². The lowest BCUT2D eigenvalue weighted by Crippen LogP contribution is -2.09. The Balaban J connectivity index is 2.85. The van der Waals surface area contributed by atoms with Crippen LogP contribution < -0.4 is 0 Å². The van der Waals surface area contributed by atoms with E-state index < -0.39 is 21.9 Å². The average molecular weight is 268 g/mol. The van der Waals surface area contributed by atoms with Crippen molar-refractivity contribution in [2.24, 2.45) is 0 Å². The van der Waals surface area contributed by atoms with E-state index in [1.54, 1.807) is 31.2 Å². The number of carbonyl (C=O) groups is 1. The van der Waals surface area contributed by atoms with Crippen LogP contribution in [0.4, 0.5) is 0 Å². The first kappa shape index (κ1) is 14.4. The number of sulfone groups is 1. The fraction of sp³-hybridized carbons (Fsp3) is 0.308. The summed E-state index contributed by atoms with van der Waals surface area (Å²) in [4.78, 5) is 10.9. The Morgan fingerprint density at radius 1 is 1.28 bits per heavy atom. The van der Waals surface area contributed by atoms with Gasteiger partial charge in [0.25, 0.3) is 0 Å². The highest BCUT2D eigenvalue weighted by molar-refractivity contribution is 7.94. The molecule has 0 bridgehead atoms. The lowest BCUT2D eigenvalue weighted by atomic mass is 10.2. The van der Waals surface area contributed by atoms with Crippen molar-refractivity contribution < 1.29 is 17.9 Å². The highest BCUT2D eigenvalue weighted by Gasteiger charge is 2.10. The fourth-order valence-electron chi connectivity index (χ4n) is 1.32. The Morgan fingerprint density at radius 3 is 2.33 bits per heavy atom. The molecular weight excluding hydrogens is 252 g/mol. The molecule has 1 aromatic carbocycles. The third-order valence-electron chi connectivity index (χ3n) is 2.23. The Kier molecular flexibility index (Phi) is 4.67. The van der Waals surface area contributed by atoms with Crippen LogP contribution in [0.5, 0.6) is 0 Å². The third-order valence-corrected chi connectivity index (χ3v) is 3.67. The molecule has 0 radical (unpaired) electrons. The molecule has 0 aliphatic heterocycles. The smallest absolute Gasteiger partial charge is 0.303 e. The number of benzene rings is 1. The Bertz CT molecular complexity index is 541. The van der Waals surface area contributed by atoms with E-state index in [9.17, 15) is 13.2 Å². The van der Waals surface area contributed by atoms with Gasteiger partial charge in [-0.25, -0.2) is 8.42 Å². The molecule has 1 rings (SSSR count). The monoisotopic (exact) mass is 268 g/mol. The predicted octanol–water partition coefficient (Wildman–Crippen LogP) is 2.23. The Hall–Kier alpha value is -1.62. The van der Waals surface area contributed by atoms with E-state index in [-0.39, 0.29) is 4.90 Å². The minimum absolute atomic E-state index is 0.222. The normalized spacial score (nSPS) is 13.5. The largest absolute Gasteiger partial charge is 0.459 e. The number of hydrogen-bond acceptors (Lipinski definition) is 4. The lowest BCUT2D eigenvalue weighted by molar-refractivity contribution is -0.143. The van der Waals surface area contributed by atoms with Gasteiger partial charge in [0.2, 0.25) is 0 Å². The first-order chi connectivity index (χ1) is 8.31. The quantitative estimate of drug-likeness (QED) is 0.786. The minimum atomic E-state index is -3.48. The highest BCUT2D eigenvalue weighted by atomic mass is 32.2. The molecule has 0 amide bonds. The van der Waals surface area contributed by atoms with Gasteiger partial charge >= 0.3 is 5.97 Å². The maximum atomic E-state index is 11.9. The molecule has 0 aromatic heterocycles. The molecule has 0 saturated heterocycles. The Morgan fingerprint density at radius 2 is 1.83 bits per heavy atom. The summed E-state index contributed by atoms with van der Waals surface area (Å²) in [6.45, 7) is 4.76. The van der Waals surface area contributed by atoms with Gasteiger partial charge in [0, 0.05) is 12.3 Å². The molecule has 98 valence electrons. The van der Waals surface area contributed by atoms with E-state index in [1.165, 1.54) is 13.0 Å². The molecule has 1 unspecified atom stereocenters. The summed E-state index contributed by atoms with van der Waals surface area (Å²) in [5, 5.41) is 1.06. The summed E-state index contributed by atoms with van der Waals surface area (Å²) in [5.41, 5.74) is 0.992. The molecule has 0 heterocycles. The van der Waals surface area contributed by atoms with Gasteiger partial charge in [0.1, 0.15) is 6.10 Å². The number of esters is 1. The molecule has 1 atom stereocenters. The summed E-state index contributed by atoms with van der Waals surface area (Å²) in [6, 6.07) is 6.56. The summed E-state index contributed by atoms with van der Waals surface area (Å²) in [7, 11) is -3.48. The third kappa shape index (κ3) is 4.33. The van der Waals surface area contributed by atoms with E-state index >= 15 is 0 Å². The number of aryl methyl sites for hydroxylation is 1. The van der Waals surface area contributed by atoms with Crippen molar-refractivity contribution >= 4 is 15.8 Å². The van der Waals surface area contributed by atoms with Gasteiger partial charge in [-0.1, -0.05) is 17.7 Å². The van der Waals surface area contributed by atoms with Gasteiger partial charge in [-0.05, 0) is 32.1 Å². The van der Waals surface area contributed by atoms with Crippen molar-refractivity contribution in [1.29, 1.82) is 0 Å². The van der Waals surface area contributed by atoms with Gasteiger partial charge in [0.15, 0.2) is 9.84 Å². The zero-order chi connectivity index (χ0) is 13.8. The molecule has 5 heteroatoms. The second-order valence-corrected chi connectivity index (χ2v) is 5.83.